The molecule has 0 unspecified atom stereocenters. The monoisotopic (exact) mass is 295 g/mol. The number of nitrogens with zero attached hydrogens (tertiary/aromatic N) is 2. The summed E-state index contributed by atoms with van der Waals surface area (Å²) in [5.41, 5.74) is 0.159. The largest absolute Gasteiger partial charge is 0.466 e. The van der Waals surface area contributed by atoms with Crippen molar-refractivity contribution >= 4 is 17.7 Å². The summed E-state index contributed by atoms with van der Waals surface area (Å²) >= 11 is 0. The summed E-state index contributed by atoms with van der Waals surface area (Å²) in [6.45, 7) is 2.86. The lowest BCUT2D eigenvalue weighted by molar-refractivity contribution is -0.389. The van der Waals surface area contributed by atoms with Crippen molar-refractivity contribution in [2.75, 3.05) is 19.7 Å². The standard InChI is InChI=1S/C13H17N3O5/c1-2-21-13(18)9-4-3-7-15(8-9)12(17)10-5-6-11(14-10)16(19)20/h5-6,9,14H,2-4,7-8H2,1H3/t9-/m1/s1. The lowest BCUT2D eigenvalue weighted by Crippen LogP contribution is -2.42. The number of H-pyrrole nitrogens is 1. The molecule has 0 saturated carbocycles. The fourth-order valence-electron chi connectivity index (χ4n) is 2.40. The molecule has 114 valence electrons. The number of carbonyl (C=O) groups is 2. The molecule has 1 amide bonds. The van der Waals surface area contributed by atoms with Gasteiger partial charge in [-0.15, -0.1) is 0 Å². The van der Waals surface area contributed by atoms with E-state index in [2.05, 4.69) is 4.98 Å². The molecule has 0 radical (unpaired) electrons. The number of carbonyl (C=O) groups excluding carboxylic acids is 2. The Labute approximate surface area is 121 Å². The summed E-state index contributed by atoms with van der Waals surface area (Å²) in [6.07, 6.45) is 1.39. The highest BCUT2D eigenvalue weighted by atomic mass is 16.6. The first-order valence-corrected chi connectivity index (χ1v) is 6.82. The van der Waals surface area contributed by atoms with Gasteiger partial charge in [0.25, 0.3) is 5.91 Å². The summed E-state index contributed by atoms with van der Waals surface area (Å²) in [7, 11) is 0. The molecule has 1 aliphatic heterocycles. The SMILES string of the molecule is CCOC(=O)[C@@H]1CCCN(C(=O)c2ccc([N+](=O)[O-])[nH]2)C1. The average molecular weight is 295 g/mol. The molecular formula is C13H17N3O5. The molecule has 8 heteroatoms. The van der Waals surface area contributed by atoms with Gasteiger partial charge in [0.1, 0.15) is 0 Å². The first kappa shape index (κ1) is 15.0. The van der Waals surface area contributed by atoms with Gasteiger partial charge in [0.15, 0.2) is 5.69 Å². The maximum absolute atomic E-state index is 12.3. The molecule has 0 aromatic carbocycles. The van der Waals surface area contributed by atoms with E-state index in [1.807, 2.05) is 0 Å². The third kappa shape index (κ3) is 3.39. The molecule has 1 aromatic heterocycles. The third-order valence-corrected chi connectivity index (χ3v) is 3.43. The molecular weight excluding hydrogens is 278 g/mol. The maximum atomic E-state index is 12.3. The lowest BCUT2D eigenvalue weighted by atomic mass is 9.98. The van der Waals surface area contributed by atoms with Crippen LogP contribution in [0.2, 0.25) is 0 Å². The highest BCUT2D eigenvalue weighted by molar-refractivity contribution is 5.93. The molecule has 1 aromatic rings. The van der Waals surface area contributed by atoms with Crippen molar-refractivity contribution in [1.82, 2.24) is 9.88 Å². The van der Waals surface area contributed by atoms with Gasteiger partial charge in [-0.2, -0.15) is 0 Å². The van der Waals surface area contributed by atoms with Gasteiger partial charge in [0.05, 0.1) is 12.5 Å². The Morgan fingerprint density at radius 2 is 2.29 bits per heavy atom. The normalized spacial score (nSPS) is 18.3. The van der Waals surface area contributed by atoms with Gasteiger partial charge >= 0.3 is 11.8 Å². The number of amides is 1. The van der Waals surface area contributed by atoms with Gasteiger partial charge < -0.3 is 19.8 Å². The van der Waals surface area contributed by atoms with Crippen molar-refractivity contribution in [2.45, 2.75) is 19.8 Å². The van der Waals surface area contributed by atoms with E-state index in [-0.39, 0.29) is 35.9 Å². The Morgan fingerprint density at radius 1 is 1.52 bits per heavy atom. The van der Waals surface area contributed by atoms with Gasteiger partial charge in [0.2, 0.25) is 0 Å². The first-order chi connectivity index (χ1) is 10.0. The molecule has 21 heavy (non-hydrogen) atoms. The van der Waals surface area contributed by atoms with Crippen molar-refractivity contribution in [3.63, 3.8) is 0 Å². The molecule has 1 fully saturated rings. The van der Waals surface area contributed by atoms with Crippen molar-refractivity contribution < 1.29 is 19.2 Å². The summed E-state index contributed by atoms with van der Waals surface area (Å²) in [5, 5.41) is 10.6. The van der Waals surface area contributed by atoms with Crippen LogP contribution in [0.15, 0.2) is 12.1 Å². The Bertz CT molecular complexity index is 554. The van der Waals surface area contributed by atoms with Crippen LogP contribution in [0.1, 0.15) is 30.3 Å². The van der Waals surface area contributed by atoms with E-state index in [1.165, 1.54) is 17.0 Å². The van der Waals surface area contributed by atoms with Gasteiger partial charge in [0, 0.05) is 19.2 Å². The van der Waals surface area contributed by atoms with Crippen molar-refractivity contribution in [3.8, 4) is 0 Å². The molecule has 1 atom stereocenters. The quantitative estimate of drug-likeness (QED) is 0.512. The van der Waals surface area contributed by atoms with Crippen LogP contribution in [-0.4, -0.2) is 46.4 Å². The van der Waals surface area contributed by atoms with Crippen LogP contribution in [0.4, 0.5) is 5.82 Å². The Morgan fingerprint density at radius 3 is 2.90 bits per heavy atom. The fourth-order valence-corrected chi connectivity index (χ4v) is 2.40. The minimum Gasteiger partial charge on any atom is -0.466 e. The predicted molar refractivity (Wildman–Crippen MR) is 72.7 cm³/mol. The molecule has 1 aliphatic rings. The number of aromatic amines is 1. The third-order valence-electron chi connectivity index (χ3n) is 3.43. The summed E-state index contributed by atoms with van der Waals surface area (Å²) in [4.78, 5) is 38.0. The van der Waals surface area contributed by atoms with E-state index in [9.17, 15) is 19.7 Å². The highest BCUT2D eigenvalue weighted by Crippen LogP contribution is 2.20. The summed E-state index contributed by atoms with van der Waals surface area (Å²) in [5.74, 6) is -1.19. The molecule has 0 bridgehead atoms. The van der Waals surface area contributed by atoms with Crippen molar-refractivity contribution in [1.29, 1.82) is 0 Å². The lowest BCUT2D eigenvalue weighted by Gasteiger charge is -2.30. The molecule has 2 heterocycles. The van der Waals surface area contributed by atoms with Crippen LogP contribution >= 0.6 is 0 Å². The number of hydrogen-bond donors (Lipinski definition) is 1. The second kappa shape index (κ2) is 6.38. The second-order valence-corrected chi connectivity index (χ2v) is 4.86. The number of esters is 1. The number of likely N-dealkylation sites (tertiary alicyclic amines) is 1. The van der Waals surface area contributed by atoms with E-state index in [0.717, 1.165) is 0 Å². The molecule has 1 saturated heterocycles. The number of nitrogens with one attached hydrogen (secondary N) is 1. The first-order valence-electron chi connectivity index (χ1n) is 6.82. The molecule has 0 aliphatic carbocycles. The van der Waals surface area contributed by atoms with Crippen LogP contribution in [-0.2, 0) is 9.53 Å². The zero-order valence-electron chi connectivity index (χ0n) is 11.7. The van der Waals surface area contributed by atoms with Crippen LogP contribution < -0.4 is 0 Å². The van der Waals surface area contributed by atoms with Crippen molar-refractivity contribution in [3.05, 3.63) is 27.9 Å². The van der Waals surface area contributed by atoms with E-state index in [4.69, 9.17) is 4.74 Å². The summed E-state index contributed by atoms with van der Waals surface area (Å²) < 4.78 is 4.98. The maximum Gasteiger partial charge on any atom is 0.321 e. The number of aromatic nitrogens is 1. The van der Waals surface area contributed by atoms with Gasteiger partial charge in [-0.1, -0.05) is 0 Å². The molecule has 1 N–H and O–H groups in total. The predicted octanol–water partition coefficient (Wildman–Crippen LogP) is 1.34. The number of rotatable bonds is 4. The topological polar surface area (TPSA) is 106 Å². The molecule has 0 spiro atoms. The number of nitro groups is 1. The van der Waals surface area contributed by atoms with Gasteiger partial charge in [-0.25, -0.2) is 4.98 Å². The fraction of sp³-hybridized carbons (Fsp3) is 0.538. The summed E-state index contributed by atoms with van der Waals surface area (Å²) in [6, 6.07) is 2.63. The van der Waals surface area contributed by atoms with Crippen LogP contribution in [0.5, 0.6) is 0 Å². The van der Waals surface area contributed by atoms with Gasteiger partial charge in [-0.3, -0.25) is 9.59 Å². The van der Waals surface area contributed by atoms with E-state index in [0.29, 0.717) is 26.0 Å². The van der Waals surface area contributed by atoms with Crippen molar-refractivity contribution in [2.24, 2.45) is 5.92 Å². The molecule has 8 nitrogen and oxygen atoms in total. The highest BCUT2D eigenvalue weighted by Gasteiger charge is 2.31. The Kier molecular flexibility index (Phi) is 4.56. The van der Waals surface area contributed by atoms with Crippen LogP contribution in [0.3, 0.4) is 0 Å². The van der Waals surface area contributed by atoms with E-state index >= 15 is 0 Å². The van der Waals surface area contributed by atoms with Crippen LogP contribution in [0, 0.1) is 16.0 Å². The minimum atomic E-state index is -0.589. The molecule has 2 rings (SSSR count). The number of ether oxygens (including phenoxy) is 1. The zero-order valence-corrected chi connectivity index (χ0v) is 11.7. The Balaban J connectivity index is 2.04. The van der Waals surface area contributed by atoms with E-state index < -0.39 is 4.92 Å². The minimum absolute atomic E-state index is 0.159. The van der Waals surface area contributed by atoms with Gasteiger partial charge in [-0.05, 0) is 30.8 Å². The smallest absolute Gasteiger partial charge is 0.321 e. The zero-order chi connectivity index (χ0) is 15.4. The second-order valence-electron chi connectivity index (χ2n) is 4.86. The Hall–Kier alpha value is -2.38. The van der Waals surface area contributed by atoms with E-state index in [1.54, 1.807) is 6.92 Å². The number of hydrogen-bond acceptors (Lipinski definition) is 5. The van der Waals surface area contributed by atoms with Crippen LogP contribution in [0.25, 0.3) is 0 Å². The average Bonchev–Trinajstić information content (AvgIpc) is 2.97. The number of piperidine rings is 1.